The van der Waals surface area contributed by atoms with Gasteiger partial charge in [-0.3, -0.25) is 4.98 Å². The molecule has 33 heavy (non-hydrogen) atoms. The predicted molar refractivity (Wildman–Crippen MR) is 131 cm³/mol. The van der Waals surface area contributed by atoms with Crippen LogP contribution in [0.2, 0.25) is 0 Å². The van der Waals surface area contributed by atoms with Crippen molar-refractivity contribution in [3.63, 3.8) is 0 Å². The van der Waals surface area contributed by atoms with Crippen LogP contribution in [0.5, 0.6) is 0 Å². The molecule has 158 valence electrons. The number of pyridine rings is 1. The summed E-state index contributed by atoms with van der Waals surface area (Å²) in [5.74, 6) is 0.514. The van der Waals surface area contributed by atoms with Crippen LogP contribution in [0.3, 0.4) is 0 Å². The highest BCUT2D eigenvalue weighted by Gasteiger charge is 2.15. The van der Waals surface area contributed by atoms with Gasteiger partial charge >= 0.3 is 7.12 Å². The molecule has 2 N–H and O–H groups in total. The van der Waals surface area contributed by atoms with E-state index in [-0.39, 0.29) is 0 Å². The standard InChI is InChI=1S/C27H20BN3O2/c32-28(33)24-13-5-11-22(16-24)27-30-25(19-7-2-1-3-8-19)17-26(31-27)21-10-4-9-20(15-21)23-12-6-14-29-18-23/h1-18,32-33H. The predicted octanol–water partition coefficient (Wildman–Crippen LogP) is 4.22. The smallest absolute Gasteiger partial charge is 0.423 e. The molecule has 0 aliphatic carbocycles. The molecule has 2 aromatic heterocycles. The minimum absolute atomic E-state index is 0.390. The van der Waals surface area contributed by atoms with Gasteiger partial charge in [0, 0.05) is 34.6 Å². The van der Waals surface area contributed by atoms with Gasteiger partial charge in [0.2, 0.25) is 0 Å². The fraction of sp³-hybridized carbons (Fsp3) is 0. The van der Waals surface area contributed by atoms with E-state index in [1.54, 1.807) is 24.4 Å². The Morgan fingerprint density at radius 1 is 0.545 bits per heavy atom. The average molecular weight is 429 g/mol. The van der Waals surface area contributed by atoms with E-state index in [1.807, 2.05) is 79.0 Å². The van der Waals surface area contributed by atoms with Crippen LogP contribution in [0.4, 0.5) is 0 Å². The summed E-state index contributed by atoms with van der Waals surface area (Å²) < 4.78 is 0. The molecule has 0 fully saturated rings. The van der Waals surface area contributed by atoms with Gasteiger partial charge < -0.3 is 10.0 Å². The number of nitrogens with zero attached hydrogens (tertiary/aromatic N) is 3. The highest BCUT2D eigenvalue weighted by atomic mass is 16.4. The van der Waals surface area contributed by atoms with Crippen LogP contribution in [0.15, 0.2) is 109 Å². The lowest BCUT2D eigenvalue weighted by Crippen LogP contribution is -2.29. The Kier molecular flexibility index (Phi) is 5.76. The normalized spacial score (nSPS) is 10.7. The first-order valence-corrected chi connectivity index (χ1v) is 10.6. The highest BCUT2D eigenvalue weighted by Crippen LogP contribution is 2.29. The Balaban J connectivity index is 1.67. The Morgan fingerprint density at radius 2 is 1.21 bits per heavy atom. The Morgan fingerprint density at radius 3 is 1.97 bits per heavy atom. The van der Waals surface area contributed by atoms with Crippen LogP contribution in [0, 0.1) is 0 Å². The van der Waals surface area contributed by atoms with Crippen molar-refractivity contribution in [2.75, 3.05) is 0 Å². The zero-order valence-corrected chi connectivity index (χ0v) is 17.7. The summed E-state index contributed by atoms with van der Waals surface area (Å²) >= 11 is 0. The highest BCUT2D eigenvalue weighted by molar-refractivity contribution is 6.58. The molecule has 0 aliphatic rings. The molecule has 6 heteroatoms. The van der Waals surface area contributed by atoms with Crippen LogP contribution in [0.25, 0.3) is 45.0 Å². The molecule has 0 unspecified atom stereocenters. The molecule has 0 saturated carbocycles. The van der Waals surface area contributed by atoms with Crippen LogP contribution < -0.4 is 5.46 Å². The lowest BCUT2D eigenvalue weighted by atomic mass is 9.79. The number of hydrogen-bond acceptors (Lipinski definition) is 5. The van der Waals surface area contributed by atoms with Crippen molar-refractivity contribution in [3.8, 4) is 45.0 Å². The van der Waals surface area contributed by atoms with E-state index in [0.717, 1.165) is 33.6 Å². The second-order valence-electron chi connectivity index (χ2n) is 7.65. The lowest BCUT2D eigenvalue weighted by molar-refractivity contribution is 0.426. The van der Waals surface area contributed by atoms with Crippen molar-refractivity contribution in [1.82, 2.24) is 15.0 Å². The maximum atomic E-state index is 9.61. The average Bonchev–Trinajstić information content (AvgIpc) is 2.89. The van der Waals surface area contributed by atoms with E-state index < -0.39 is 7.12 Å². The number of benzene rings is 3. The van der Waals surface area contributed by atoms with Gasteiger partial charge in [-0.25, -0.2) is 9.97 Å². The van der Waals surface area contributed by atoms with Gasteiger partial charge in [-0.1, -0.05) is 78.9 Å². The first kappa shape index (κ1) is 20.8. The Labute approximate surface area is 192 Å². The molecular formula is C27H20BN3O2. The molecule has 0 amide bonds. The molecule has 5 aromatic rings. The van der Waals surface area contributed by atoms with Gasteiger partial charge in [0.25, 0.3) is 0 Å². The summed E-state index contributed by atoms with van der Waals surface area (Å²) in [4.78, 5) is 13.9. The quantitative estimate of drug-likeness (QED) is 0.409. The third kappa shape index (κ3) is 4.57. The SMILES string of the molecule is OB(O)c1cccc(-c2nc(-c3ccccc3)cc(-c3cccc(-c4cccnc4)c3)n2)c1. The van der Waals surface area contributed by atoms with Gasteiger partial charge in [0.05, 0.1) is 11.4 Å². The van der Waals surface area contributed by atoms with E-state index in [1.165, 1.54) is 0 Å². The zero-order valence-electron chi connectivity index (χ0n) is 17.7. The largest absolute Gasteiger partial charge is 0.488 e. The lowest BCUT2D eigenvalue weighted by Gasteiger charge is -2.11. The van der Waals surface area contributed by atoms with Crippen molar-refractivity contribution >= 4 is 12.6 Å². The molecule has 0 bridgehead atoms. The molecule has 5 rings (SSSR count). The van der Waals surface area contributed by atoms with E-state index in [4.69, 9.17) is 9.97 Å². The van der Waals surface area contributed by atoms with Gasteiger partial charge in [0.1, 0.15) is 0 Å². The van der Waals surface area contributed by atoms with Gasteiger partial charge in [-0.2, -0.15) is 0 Å². The maximum absolute atomic E-state index is 9.61. The first-order valence-electron chi connectivity index (χ1n) is 10.6. The second kappa shape index (κ2) is 9.16. The minimum Gasteiger partial charge on any atom is -0.423 e. The fourth-order valence-corrected chi connectivity index (χ4v) is 3.71. The van der Waals surface area contributed by atoms with Gasteiger partial charge in [-0.15, -0.1) is 0 Å². The molecule has 0 atom stereocenters. The first-order chi connectivity index (χ1) is 16.2. The monoisotopic (exact) mass is 429 g/mol. The minimum atomic E-state index is -1.56. The van der Waals surface area contributed by atoms with E-state index in [0.29, 0.717) is 16.9 Å². The fourth-order valence-electron chi connectivity index (χ4n) is 3.71. The molecular weight excluding hydrogens is 409 g/mol. The van der Waals surface area contributed by atoms with Crippen molar-refractivity contribution in [2.45, 2.75) is 0 Å². The summed E-state index contributed by atoms with van der Waals surface area (Å²) in [6.45, 7) is 0. The van der Waals surface area contributed by atoms with Crippen LogP contribution in [-0.2, 0) is 0 Å². The van der Waals surface area contributed by atoms with Crippen LogP contribution in [0.1, 0.15) is 0 Å². The van der Waals surface area contributed by atoms with Crippen molar-refractivity contribution in [2.24, 2.45) is 0 Å². The molecule has 5 nitrogen and oxygen atoms in total. The Hall–Kier alpha value is -4.13. The molecule has 0 spiro atoms. The Bertz CT molecular complexity index is 1390. The molecule has 2 heterocycles. The number of rotatable bonds is 5. The molecule has 0 radical (unpaired) electrons. The summed E-state index contributed by atoms with van der Waals surface area (Å²) in [7, 11) is -1.56. The molecule has 0 saturated heterocycles. The third-order valence-electron chi connectivity index (χ3n) is 5.39. The van der Waals surface area contributed by atoms with Crippen molar-refractivity contribution in [3.05, 3.63) is 109 Å². The number of hydrogen-bond donors (Lipinski definition) is 2. The summed E-state index contributed by atoms with van der Waals surface area (Å²) in [5.41, 5.74) is 6.68. The van der Waals surface area contributed by atoms with E-state index in [2.05, 4.69) is 11.1 Å². The van der Waals surface area contributed by atoms with Crippen molar-refractivity contribution in [1.29, 1.82) is 0 Å². The van der Waals surface area contributed by atoms with E-state index in [9.17, 15) is 10.0 Å². The van der Waals surface area contributed by atoms with E-state index >= 15 is 0 Å². The molecule has 3 aromatic carbocycles. The zero-order chi connectivity index (χ0) is 22.6. The summed E-state index contributed by atoms with van der Waals surface area (Å²) in [6, 6.07) is 31.0. The van der Waals surface area contributed by atoms with Gasteiger partial charge in [0.15, 0.2) is 5.82 Å². The third-order valence-corrected chi connectivity index (χ3v) is 5.39. The van der Waals surface area contributed by atoms with Gasteiger partial charge in [-0.05, 0) is 29.2 Å². The van der Waals surface area contributed by atoms with Crippen LogP contribution >= 0.6 is 0 Å². The summed E-state index contributed by atoms with van der Waals surface area (Å²) in [5, 5.41) is 19.2. The van der Waals surface area contributed by atoms with Crippen molar-refractivity contribution < 1.29 is 10.0 Å². The second-order valence-corrected chi connectivity index (χ2v) is 7.65. The topological polar surface area (TPSA) is 79.1 Å². The summed E-state index contributed by atoms with van der Waals surface area (Å²) in [6.07, 6.45) is 3.60. The molecule has 0 aliphatic heterocycles. The maximum Gasteiger partial charge on any atom is 0.488 e. The number of aromatic nitrogens is 3. The van der Waals surface area contributed by atoms with Crippen LogP contribution in [-0.4, -0.2) is 32.1 Å².